The van der Waals surface area contributed by atoms with Crippen molar-refractivity contribution >= 4 is 40.6 Å². The van der Waals surface area contributed by atoms with Crippen molar-refractivity contribution < 1.29 is 49.4 Å². The molecule has 1 heterocycles. The maximum absolute atomic E-state index is 12.3. The van der Waals surface area contributed by atoms with Gasteiger partial charge in [0.15, 0.2) is 5.17 Å². The Morgan fingerprint density at radius 1 is 0.939 bits per heavy atom. The molecule has 8 heteroatoms. The number of aliphatic hydroxyl groups excluding tert-OH is 1. The number of carboxylic acids is 1. The number of amides is 1. The third-order valence-corrected chi connectivity index (χ3v) is 5.75. The van der Waals surface area contributed by atoms with Crippen molar-refractivity contribution in [3.63, 3.8) is 0 Å². The molecule has 0 radical (unpaired) electrons. The smallest absolute Gasteiger partial charge is 0.550 e. The topological polar surface area (TPSA) is 102 Å². The Kier molecular flexibility index (Phi) is 8.66. The molecule has 1 saturated heterocycles. The summed E-state index contributed by atoms with van der Waals surface area (Å²) in [6.07, 6.45) is 1.66. The van der Waals surface area contributed by atoms with Gasteiger partial charge < -0.3 is 20.3 Å². The van der Waals surface area contributed by atoms with Gasteiger partial charge in [-0.3, -0.25) is 4.79 Å². The molecule has 0 saturated carbocycles. The minimum absolute atomic E-state index is 0. The quantitative estimate of drug-likeness (QED) is 0.395. The van der Waals surface area contributed by atoms with Crippen LogP contribution in [0.4, 0.5) is 5.69 Å². The SMILES string of the molecule is O=C([O-])Cc1ccc(N=C2NC(=O)C(=Cc3ccc(-c4ccc(CO)cc4)cc3)S2)cc1.[Na+]. The predicted molar refractivity (Wildman–Crippen MR) is 124 cm³/mol. The molecule has 6 nitrogen and oxygen atoms in total. The summed E-state index contributed by atoms with van der Waals surface area (Å²) in [5, 5.41) is 23.0. The molecular formula is C25H19N2NaO4S. The van der Waals surface area contributed by atoms with Gasteiger partial charge in [0.25, 0.3) is 5.91 Å². The van der Waals surface area contributed by atoms with E-state index in [1.54, 1.807) is 24.3 Å². The zero-order valence-electron chi connectivity index (χ0n) is 17.9. The Balaban J connectivity index is 0.00000306. The fourth-order valence-electron chi connectivity index (χ4n) is 3.18. The molecule has 0 aliphatic carbocycles. The average Bonchev–Trinajstić information content (AvgIpc) is 3.14. The van der Waals surface area contributed by atoms with Gasteiger partial charge >= 0.3 is 29.6 Å². The Morgan fingerprint density at radius 3 is 2.09 bits per heavy atom. The first kappa shape index (κ1) is 25.0. The van der Waals surface area contributed by atoms with E-state index >= 15 is 0 Å². The van der Waals surface area contributed by atoms with Crippen LogP contribution in [0.15, 0.2) is 82.7 Å². The summed E-state index contributed by atoms with van der Waals surface area (Å²) in [4.78, 5) is 27.9. The number of rotatable bonds is 6. The first-order chi connectivity index (χ1) is 15.5. The molecule has 160 valence electrons. The van der Waals surface area contributed by atoms with Crippen LogP contribution in [0.3, 0.4) is 0 Å². The molecule has 3 aromatic carbocycles. The maximum Gasteiger partial charge on any atom is 1.00 e. The van der Waals surface area contributed by atoms with Gasteiger partial charge in [0.2, 0.25) is 0 Å². The number of carboxylic acid groups (broad SMARTS) is 1. The number of carbonyl (C=O) groups excluding carboxylic acids is 2. The van der Waals surface area contributed by atoms with Crippen LogP contribution >= 0.6 is 11.8 Å². The summed E-state index contributed by atoms with van der Waals surface area (Å²) < 4.78 is 0. The standard InChI is InChI=1S/C25H20N2O4S.Na/c28-15-18-3-9-20(10-4-18)19-7-1-16(2-8-19)13-22-24(31)27-25(32-22)26-21-11-5-17(6-12-21)14-23(29)30;/h1-13,28H,14-15H2,(H,29,30)(H,26,27,31);/q;+1/p-1. The largest absolute Gasteiger partial charge is 1.00 e. The molecule has 1 aliphatic heterocycles. The van der Waals surface area contributed by atoms with Gasteiger partial charge in [0, 0.05) is 12.4 Å². The van der Waals surface area contributed by atoms with Crippen LogP contribution in [0.2, 0.25) is 0 Å². The average molecular weight is 466 g/mol. The van der Waals surface area contributed by atoms with E-state index in [4.69, 9.17) is 5.11 Å². The molecule has 4 rings (SSSR count). The van der Waals surface area contributed by atoms with Crippen LogP contribution in [-0.4, -0.2) is 22.2 Å². The molecule has 1 amide bonds. The van der Waals surface area contributed by atoms with Gasteiger partial charge in [0.05, 0.1) is 17.2 Å². The molecule has 0 unspecified atom stereocenters. The second kappa shape index (κ2) is 11.4. The second-order valence-corrected chi connectivity index (χ2v) is 8.20. The molecule has 0 aromatic heterocycles. The van der Waals surface area contributed by atoms with Crippen molar-refractivity contribution in [2.75, 3.05) is 0 Å². The van der Waals surface area contributed by atoms with Crippen LogP contribution < -0.4 is 40.0 Å². The molecule has 0 spiro atoms. The maximum atomic E-state index is 12.3. The number of nitrogens with zero attached hydrogens (tertiary/aromatic N) is 1. The van der Waals surface area contributed by atoms with E-state index < -0.39 is 5.97 Å². The number of nitrogens with one attached hydrogen (secondary N) is 1. The Hall–Kier alpha value is -2.68. The van der Waals surface area contributed by atoms with Gasteiger partial charge in [-0.05, 0) is 57.8 Å². The fraction of sp³-hybridized carbons (Fsp3) is 0.0800. The summed E-state index contributed by atoms with van der Waals surface area (Å²) in [5.41, 5.74) is 5.11. The Morgan fingerprint density at radius 2 is 1.52 bits per heavy atom. The van der Waals surface area contributed by atoms with E-state index in [0.29, 0.717) is 21.3 Å². The van der Waals surface area contributed by atoms with E-state index in [-0.39, 0.29) is 48.5 Å². The number of aliphatic imine (C=N–C) groups is 1. The van der Waals surface area contributed by atoms with Crippen molar-refractivity contribution in [2.45, 2.75) is 13.0 Å². The number of aliphatic carboxylic acids is 1. The predicted octanol–water partition coefficient (Wildman–Crippen LogP) is 0.0339. The number of amidine groups is 1. The second-order valence-electron chi connectivity index (χ2n) is 7.17. The zero-order chi connectivity index (χ0) is 22.5. The number of benzene rings is 3. The molecule has 1 aliphatic rings. The molecule has 3 aromatic rings. The molecule has 33 heavy (non-hydrogen) atoms. The van der Waals surface area contributed by atoms with Crippen molar-refractivity contribution in [1.82, 2.24) is 5.32 Å². The fourth-order valence-corrected chi connectivity index (χ4v) is 4.02. The van der Waals surface area contributed by atoms with Crippen molar-refractivity contribution in [1.29, 1.82) is 0 Å². The summed E-state index contributed by atoms with van der Waals surface area (Å²) in [7, 11) is 0. The molecule has 0 atom stereocenters. The minimum atomic E-state index is -1.13. The number of thioether (sulfide) groups is 1. The van der Waals surface area contributed by atoms with E-state index in [0.717, 1.165) is 22.3 Å². The number of carbonyl (C=O) groups is 2. The molecular weight excluding hydrogens is 447 g/mol. The van der Waals surface area contributed by atoms with Gasteiger partial charge in [-0.2, -0.15) is 0 Å². The van der Waals surface area contributed by atoms with Gasteiger partial charge in [-0.25, -0.2) is 4.99 Å². The zero-order valence-corrected chi connectivity index (χ0v) is 20.8. The molecule has 2 N–H and O–H groups in total. The minimum Gasteiger partial charge on any atom is -0.550 e. The van der Waals surface area contributed by atoms with E-state index in [1.807, 2.05) is 54.6 Å². The van der Waals surface area contributed by atoms with Crippen LogP contribution in [-0.2, 0) is 22.6 Å². The first-order valence-corrected chi connectivity index (χ1v) is 10.7. The Bertz CT molecular complexity index is 1200. The van der Waals surface area contributed by atoms with Crippen molar-refractivity contribution in [3.05, 3.63) is 94.4 Å². The summed E-state index contributed by atoms with van der Waals surface area (Å²) in [6, 6.07) is 22.3. The third-order valence-electron chi connectivity index (χ3n) is 4.84. The third kappa shape index (κ3) is 6.66. The first-order valence-electron chi connectivity index (χ1n) is 9.89. The summed E-state index contributed by atoms with van der Waals surface area (Å²) in [5.74, 6) is -1.35. The van der Waals surface area contributed by atoms with Gasteiger partial charge in [-0.1, -0.05) is 60.7 Å². The van der Waals surface area contributed by atoms with E-state index in [9.17, 15) is 14.7 Å². The van der Waals surface area contributed by atoms with Crippen molar-refractivity contribution in [3.8, 4) is 11.1 Å². The molecule has 1 fully saturated rings. The number of hydrogen-bond acceptors (Lipinski definition) is 6. The normalized spacial score (nSPS) is 15.4. The van der Waals surface area contributed by atoms with Gasteiger partial charge in [0.1, 0.15) is 0 Å². The summed E-state index contributed by atoms with van der Waals surface area (Å²) >= 11 is 1.25. The van der Waals surface area contributed by atoms with Crippen LogP contribution in [0.25, 0.3) is 17.2 Å². The summed E-state index contributed by atoms with van der Waals surface area (Å²) in [6.45, 7) is 0.0194. The number of aliphatic hydroxyl groups is 1. The molecule has 0 bridgehead atoms. The van der Waals surface area contributed by atoms with Crippen LogP contribution in [0.1, 0.15) is 16.7 Å². The Labute approximate surface area is 217 Å². The van der Waals surface area contributed by atoms with E-state index in [2.05, 4.69) is 10.3 Å². The van der Waals surface area contributed by atoms with Crippen LogP contribution in [0, 0.1) is 0 Å². The van der Waals surface area contributed by atoms with Crippen LogP contribution in [0.5, 0.6) is 0 Å². The van der Waals surface area contributed by atoms with E-state index in [1.165, 1.54) is 11.8 Å². The van der Waals surface area contributed by atoms with Gasteiger partial charge in [-0.15, -0.1) is 0 Å². The monoisotopic (exact) mass is 466 g/mol. The van der Waals surface area contributed by atoms with Crippen molar-refractivity contribution in [2.24, 2.45) is 4.99 Å². The number of hydrogen-bond donors (Lipinski definition) is 2.